The summed E-state index contributed by atoms with van der Waals surface area (Å²) in [5.74, 6) is 1.27. The van der Waals surface area contributed by atoms with Gasteiger partial charge in [0.05, 0.1) is 18.1 Å². The van der Waals surface area contributed by atoms with Gasteiger partial charge in [-0.1, -0.05) is 0 Å². The molecule has 0 aliphatic carbocycles. The molecule has 1 saturated heterocycles. The predicted octanol–water partition coefficient (Wildman–Crippen LogP) is 1.29. The molecular formula is C14H22N2O3S. The van der Waals surface area contributed by atoms with E-state index in [-0.39, 0.29) is 17.5 Å². The molecule has 5 nitrogen and oxygen atoms in total. The molecule has 1 aromatic carbocycles. The van der Waals surface area contributed by atoms with E-state index in [4.69, 9.17) is 10.5 Å². The highest BCUT2D eigenvalue weighted by Crippen LogP contribution is 2.25. The van der Waals surface area contributed by atoms with Crippen LogP contribution in [0.4, 0.5) is 5.69 Å². The summed E-state index contributed by atoms with van der Waals surface area (Å²) in [6.07, 6.45) is 0. The van der Waals surface area contributed by atoms with Crippen LogP contribution in [0, 0.1) is 0 Å². The molecule has 0 saturated carbocycles. The van der Waals surface area contributed by atoms with Crippen molar-refractivity contribution in [3.63, 3.8) is 0 Å². The molecule has 20 heavy (non-hydrogen) atoms. The molecule has 112 valence electrons. The number of anilines is 1. The summed E-state index contributed by atoms with van der Waals surface area (Å²) in [6.45, 7) is 5.71. The first-order valence-corrected chi connectivity index (χ1v) is 8.69. The Morgan fingerprint density at radius 2 is 2.20 bits per heavy atom. The van der Waals surface area contributed by atoms with Crippen LogP contribution in [0.1, 0.15) is 19.4 Å². The summed E-state index contributed by atoms with van der Waals surface area (Å²) >= 11 is 0. The summed E-state index contributed by atoms with van der Waals surface area (Å²) in [6, 6.07) is 5.61. The van der Waals surface area contributed by atoms with Crippen molar-refractivity contribution >= 4 is 15.5 Å². The summed E-state index contributed by atoms with van der Waals surface area (Å²) < 4.78 is 28.8. The number of hydrogen-bond acceptors (Lipinski definition) is 5. The lowest BCUT2D eigenvalue weighted by Gasteiger charge is -2.33. The van der Waals surface area contributed by atoms with Crippen LogP contribution >= 0.6 is 0 Å². The Bertz CT molecular complexity index is 572. The maximum Gasteiger partial charge on any atom is 0.153 e. The van der Waals surface area contributed by atoms with Gasteiger partial charge in [0, 0.05) is 30.4 Å². The van der Waals surface area contributed by atoms with Crippen LogP contribution in [0.2, 0.25) is 0 Å². The maximum atomic E-state index is 11.6. The largest absolute Gasteiger partial charge is 0.494 e. The van der Waals surface area contributed by atoms with Crippen LogP contribution in [0.15, 0.2) is 18.2 Å². The molecular weight excluding hydrogens is 276 g/mol. The number of sulfone groups is 1. The van der Waals surface area contributed by atoms with Gasteiger partial charge in [0.25, 0.3) is 0 Å². The average Bonchev–Trinajstić information content (AvgIpc) is 2.35. The topological polar surface area (TPSA) is 72.6 Å². The molecule has 0 amide bonds. The Balaban J connectivity index is 2.15. The normalized spacial score (nSPS) is 22.6. The molecule has 2 N–H and O–H groups in total. The van der Waals surface area contributed by atoms with Crippen molar-refractivity contribution in [3.05, 3.63) is 23.8 Å². The second kappa shape index (κ2) is 6.01. The third kappa shape index (κ3) is 3.64. The number of nitrogens with zero attached hydrogens (tertiary/aromatic N) is 1. The van der Waals surface area contributed by atoms with E-state index in [2.05, 4.69) is 4.90 Å². The molecule has 0 bridgehead atoms. The zero-order chi connectivity index (χ0) is 14.8. The molecule has 1 fully saturated rings. The summed E-state index contributed by atoms with van der Waals surface area (Å²) in [4.78, 5) is 2.17. The monoisotopic (exact) mass is 298 g/mol. The van der Waals surface area contributed by atoms with Gasteiger partial charge in [-0.15, -0.1) is 0 Å². The quantitative estimate of drug-likeness (QED) is 0.848. The zero-order valence-electron chi connectivity index (χ0n) is 12.0. The number of nitrogens with two attached hydrogens (primary N) is 1. The zero-order valence-corrected chi connectivity index (χ0v) is 12.8. The highest BCUT2D eigenvalue weighted by atomic mass is 32.2. The first kappa shape index (κ1) is 15.1. The SMILES string of the molecule is CCOc1ccc(N)cc1CN1CCS(=O)(=O)CC1C. The first-order valence-electron chi connectivity index (χ1n) is 6.87. The molecule has 1 unspecified atom stereocenters. The molecule has 1 atom stereocenters. The van der Waals surface area contributed by atoms with Crippen molar-refractivity contribution in [2.75, 3.05) is 30.4 Å². The molecule has 0 aromatic heterocycles. The molecule has 2 rings (SSSR count). The van der Waals surface area contributed by atoms with Crippen LogP contribution in [-0.2, 0) is 16.4 Å². The van der Waals surface area contributed by atoms with Gasteiger partial charge in [-0.25, -0.2) is 8.42 Å². The van der Waals surface area contributed by atoms with Gasteiger partial charge in [-0.05, 0) is 32.0 Å². The Morgan fingerprint density at radius 1 is 1.45 bits per heavy atom. The minimum absolute atomic E-state index is 0.0182. The molecule has 0 radical (unpaired) electrons. The summed E-state index contributed by atoms with van der Waals surface area (Å²) in [7, 11) is -2.88. The lowest BCUT2D eigenvalue weighted by atomic mass is 10.1. The minimum Gasteiger partial charge on any atom is -0.494 e. The lowest BCUT2D eigenvalue weighted by Crippen LogP contribution is -2.46. The average molecular weight is 298 g/mol. The van der Waals surface area contributed by atoms with E-state index in [0.717, 1.165) is 11.3 Å². The van der Waals surface area contributed by atoms with E-state index < -0.39 is 9.84 Å². The lowest BCUT2D eigenvalue weighted by molar-refractivity contribution is 0.214. The van der Waals surface area contributed by atoms with Gasteiger partial charge in [0.15, 0.2) is 9.84 Å². The smallest absolute Gasteiger partial charge is 0.153 e. The van der Waals surface area contributed by atoms with Gasteiger partial charge < -0.3 is 10.5 Å². The van der Waals surface area contributed by atoms with Gasteiger partial charge in [0.1, 0.15) is 5.75 Å². The third-order valence-electron chi connectivity index (χ3n) is 3.57. The van der Waals surface area contributed by atoms with Crippen molar-refractivity contribution < 1.29 is 13.2 Å². The molecule has 6 heteroatoms. The fraction of sp³-hybridized carbons (Fsp3) is 0.571. The fourth-order valence-electron chi connectivity index (χ4n) is 2.51. The van der Waals surface area contributed by atoms with Gasteiger partial charge >= 0.3 is 0 Å². The molecule has 1 heterocycles. The number of nitrogen functional groups attached to an aromatic ring is 1. The highest BCUT2D eigenvalue weighted by molar-refractivity contribution is 7.91. The van der Waals surface area contributed by atoms with E-state index >= 15 is 0 Å². The predicted molar refractivity (Wildman–Crippen MR) is 80.5 cm³/mol. The summed E-state index contributed by atoms with van der Waals surface area (Å²) in [5, 5.41) is 0. The van der Waals surface area contributed by atoms with Crippen LogP contribution in [-0.4, -0.2) is 44.0 Å². The number of rotatable bonds is 4. The Hall–Kier alpha value is -1.27. The number of benzene rings is 1. The van der Waals surface area contributed by atoms with E-state index in [1.807, 2.05) is 32.0 Å². The number of ether oxygens (including phenoxy) is 1. The van der Waals surface area contributed by atoms with Crippen LogP contribution in [0.25, 0.3) is 0 Å². The van der Waals surface area contributed by atoms with E-state index in [1.165, 1.54) is 0 Å². The maximum absolute atomic E-state index is 11.6. The van der Waals surface area contributed by atoms with E-state index in [1.54, 1.807) is 0 Å². The van der Waals surface area contributed by atoms with Crippen molar-refractivity contribution in [3.8, 4) is 5.75 Å². The third-order valence-corrected chi connectivity index (χ3v) is 5.36. The molecule has 1 aliphatic heterocycles. The van der Waals surface area contributed by atoms with Crippen molar-refractivity contribution in [1.82, 2.24) is 4.90 Å². The van der Waals surface area contributed by atoms with Gasteiger partial charge in [0.2, 0.25) is 0 Å². The van der Waals surface area contributed by atoms with E-state index in [9.17, 15) is 8.42 Å². The standard InChI is InChI=1S/C14H22N2O3S/c1-3-19-14-5-4-13(15)8-12(14)9-16-6-7-20(17,18)10-11(16)2/h4-5,8,11H,3,6-7,9-10,15H2,1-2H3. The highest BCUT2D eigenvalue weighted by Gasteiger charge is 2.28. The Labute approximate surface area is 120 Å². The van der Waals surface area contributed by atoms with Crippen LogP contribution in [0.3, 0.4) is 0 Å². The molecule has 0 spiro atoms. The summed E-state index contributed by atoms with van der Waals surface area (Å²) in [5.41, 5.74) is 7.54. The van der Waals surface area contributed by atoms with Crippen LogP contribution < -0.4 is 10.5 Å². The van der Waals surface area contributed by atoms with Crippen LogP contribution in [0.5, 0.6) is 5.75 Å². The molecule has 1 aliphatic rings. The fourth-order valence-corrected chi connectivity index (χ4v) is 4.13. The van der Waals surface area contributed by atoms with Gasteiger partial charge in [-0.3, -0.25) is 4.90 Å². The van der Waals surface area contributed by atoms with Crippen molar-refractivity contribution in [2.24, 2.45) is 0 Å². The van der Waals surface area contributed by atoms with E-state index in [0.29, 0.717) is 25.4 Å². The second-order valence-corrected chi connectivity index (χ2v) is 7.46. The Morgan fingerprint density at radius 3 is 2.85 bits per heavy atom. The van der Waals surface area contributed by atoms with Gasteiger partial charge in [-0.2, -0.15) is 0 Å². The van der Waals surface area contributed by atoms with Crippen molar-refractivity contribution in [2.45, 2.75) is 26.4 Å². The Kier molecular flexibility index (Phi) is 4.55. The first-order chi connectivity index (χ1) is 9.41. The minimum atomic E-state index is -2.88. The second-order valence-electron chi connectivity index (χ2n) is 5.23. The molecule has 1 aromatic rings. The number of hydrogen-bond donors (Lipinski definition) is 1. The van der Waals surface area contributed by atoms with Crippen molar-refractivity contribution in [1.29, 1.82) is 0 Å².